The van der Waals surface area contributed by atoms with Crippen LogP contribution in [0.5, 0.6) is 0 Å². The van der Waals surface area contributed by atoms with Gasteiger partial charge in [-0.1, -0.05) is 11.6 Å². The summed E-state index contributed by atoms with van der Waals surface area (Å²) in [5.41, 5.74) is 8.41. The summed E-state index contributed by atoms with van der Waals surface area (Å²) in [5.74, 6) is -0.195. The van der Waals surface area contributed by atoms with E-state index in [1.165, 1.54) is 0 Å². The lowest BCUT2D eigenvalue weighted by atomic mass is 10.2. The standard InChI is InChI=1S/C12H13ClN4O/c1-7-9(6-16-17-7)5-15-12(18)8-2-3-10(13)11(14)4-8/h2-4,6H,5,14H2,1H3,(H,15,18)(H,16,17). The van der Waals surface area contributed by atoms with E-state index >= 15 is 0 Å². The Labute approximate surface area is 109 Å². The number of benzene rings is 1. The topological polar surface area (TPSA) is 83.8 Å². The van der Waals surface area contributed by atoms with E-state index < -0.39 is 0 Å². The van der Waals surface area contributed by atoms with Gasteiger partial charge in [-0.25, -0.2) is 0 Å². The molecule has 0 bridgehead atoms. The van der Waals surface area contributed by atoms with Gasteiger partial charge in [-0.3, -0.25) is 9.89 Å². The number of H-pyrrole nitrogens is 1. The molecule has 0 saturated carbocycles. The minimum Gasteiger partial charge on any atom is -0.398 e. The van der Waals surface area contributed by atoms with Gasteiger partial charge in [0.25, 0.3) is 5.91 Å². The van der Waals surface area contributed by atoms with Gasteiger partial charge in [0, 0.05) is 23.4 Å². The number of hydrogen-bond donors (Lipinski definition) is 3. The molecule has 0 atom stereocenters. The number of nitrogens with zero attached hydrogens (tertiary/aromatic N) is 1. The first-order valence-corrected chi connectivity index (χ1v) is 5.78. The van der Waals surface area contributed by atoms with Gasteiger partial charge >= 0.3 is 0 Å². The third-order valence-corrected chi connectivity index (χ3v) is 2.98. The number of nitrogen functional groups attached to an aromatic ring is 1. The number of aromatic amines is 1. The number of aromatic nitrogens is 2. The van der Waals surface area contributed by atoms with Crippen LogP contribution in [-0.4, -0.2) is 16.1 Å². The lowest BCUT2D eigenvalue weighted by Crippen LogP contribution is -2.23. The molecule has 1 heterocycles. The highest BCUT2D eigenvalue weighted by molar-refractivity contribution is 6.33. The normalized spacial score (nSPS) is 10.3. The molecular formula is C12H13ClN4O. The number of anilines is 1. The minimum absolute atomic E-state index is 0.195. The molecule has 18 heavy (non-hydrogen) atoms. The number of hydrogen-bond acceptors (Lipinski definition) is 3. The largest absolute Gasteiger partial charge is 0.398 e. The lowest BCUT2D eigenvalue weighted by molar-refractivity contribution is 0.0951. The molecule has 0 aliphatic heterocycles. The summed E-state index contributed by atoms with van der Waals surface area (Å²) in [6.07, 6.45) is 1.69. The highest BCUT2D eigenvalue weighted by Gasteiger charge is 2.08. The van der Waals surface area contributed by atoms with E-state index in [1.807, 2.05) is 6.92 Å². The summed E-state index contributed by atoms with van der Waals surface area (Å²) < 4.78 is 0. The van der Waals surface area contributed by atoms with E-state index in [0.717, 1.165) is 11.3 Å². The van der Waals surface area contributed by atoms with Gasteiger partial charge < -0.3 is 11.1 Å². The van der Waals surface area contributed by atoms with Crippen LogP contribution in [0, 0.1) is 6.92 Å². The second kappa shape index (κ2) is 5.10. The number of amides is 1. The fraction of sp³-hybridized carbons (Fsp3) is 0.167. The minimum atomic E-state index is -0.195. The number of nitrogens with one attached hydrogen (secondary N) is 2. The lowest BCUT2D eigenvalue weighted by Gasteiger charge is -2.06. The number of rotatable bonds is 3. The average Bonchev–Trinajstić information content (AvgIpc) is 2.75. The van der Waals surface area contributed by atoms with Crippen LogP contribution < -0.4 is 11.1 Å². The van der Waals surface area contributed by atoms with Gasteiger partial charge in [0.15, 0.2) is 0 Å². The zero-order valence-corrected chi connectivity index (χ0v) is 10.6. The molecule has 6 heteroatoms. The molecule has 0 saturated heterocycles. The van der Waals surface area contributed by atoms with Gasteiger partial charge in [-0.05, 0) is 25.1 Å². The van der Waals surface area contributed by atoms with Crippen LogP contribution in [0.2, 0.25) is 5.02 Å². The summed E-state index contributed by atoms with van der Waals surface area (Å²) in [4.78, 5) is 11.9. The fourth-order valence-corrected chi connectivity index (χ4v) is 1.63. The fourth-order valence-electron chi connectivity index (χ4n) is 1.52. The van der Waals surface area contributed by atoms with Crippen LogP contribution >= 0.6 is 11.6 Å². The second-order valence-corrected chi connectivity index (χ2v) is 4.35. The molecule has 1 aromatic heterocycles. The molecule has 0 spiro atoms. The maximum absolute atomic E-state index is 11.9. The van der Waals surface area contributed by atoms with Crippen molar-refractivity contribution in [3.05, 3.63) is 46.2 Å². The monoisotopic (exact) mass is 264 g/mol. The van der Waals surface area contributed by atoms with E-state index in [0.29, 0.717) is 22.8 Å². The number of carbonyl (C=O) groups excluding carboxylic acids is 1. The highest BCUT2D eigenvalue weighted by Crippen LogP contribution is 2.19. The van der Waals surface area contributed by atoms with Gasteiger partial charge in [0.05, 0.1) is 16.9 Å². The Bertz CT molecular complexity index is 579. The molecule has 1 aromatic carbocycles. The van der Waals surface area contributed by atoms with Crippen LogP contribution in [0.1, 0.15) is 21.6 Å². The SMILES string of the molecule is Cc1[nH]ncc1CNC(=O)c1ccc(Cl)c(N)c1. The molecular weight excluding hydrogens is 252 g/mol. The average molecular weight is 265 g/mol. The molecule has 1 amide bonds. The molecule has 4 N–H and O–H groups in total. The first-order valence-electron chi connectivity index (χ1n) is 5.40. The molecule has 0 aliphatic rings. The highest BCUT2D eigenvalue weighted by atomic mass is 35.5. The van der Waals surface area contributed by atoms with Crippen molar-refractivity contribution >= 4 is 23.2 Å². The van der Waals surface area contributed by atoms with E-state index in [-0.39, 0.29) is 5.91 Å². The predicted molar refractivity (Wildman–Crippen MR) is 70.4 cm³/mol. The van der Waals surface area contributed by atoms with E-state index in [1.54, 1.807) is 24.4 Å². The van der Waals surface area contributed by atoms with Crippen molar-refractivity contribution in [2.75, 3.05) is 5.73 Å². The smallest absolute Gasteiger partial charge is 0.251 e. The zero-order valence-electron chi connectivity index (χ0n) is 9.83. The summed E-state index contributed by atoms with van der Waals surface area (Å²) in [5, 5.41) is 9.93. The maximum Gasteiger partial charge on any atom is 0.251 e. The predicted octanol–water partition coefficient (Wildman–Crippen LogP) is 1.88. The summed E-state index contributed by atoms with van der Waals surface area (Å²) in [6.45, 7) is 2.32. The van der Waals surface area contributed by atoms with Gasteiger partial charge in [-0.2, -0.15) is 5.10 Å². The second-order valence-electron chi connectivity index (χ2n) is 3.94. The Morgan fingerprint density at radius 3 is 2.94 bits per heavy atom. The first-order chi connectivity index (χ1) is 8.58. The molecule has 0 aliphatic carbocycles. The number of aryl methyl sites for hydroxylation is 1. The number of halogens is 1. The third-order valence-electron chi connectivity index (χ3n) is 2.63. The Morgan fingerprint density at radius 1 is 1.56 bits per heavy atom. The number of carbonyl (C=O) groups is 1. The molecule has 0 radical (unpaired) electrons. The molecule has 2 rings (SSSR count). The van der Waals surface area contributed by atoms with Crippen LogP contribution in [0.4, 0.5) is 5.69 Å². The third kappa shape index (κ3) is 2.62. The Morgan fingerprint density at radius 2 is 2.33 bits per heavy atom. The molecule has 5 nitrogen and oxygen atoms in total. The van der Waals surface area contributed by atoms with Gasteiger partial charge in [0.2, 0.25) is 0 Å². The van der Waals surface area contributed by atoms with E-state index in [4.69, 9.17) is 17.3 Å². The van der Waals surface area contributed by atoms with Crippen molar-refractivity contribution in [1.29, 1.82) is 0 Å². The molecule has 0 unspecified atom stereocenters. The molecule has 2 aromatic rings. The van der Waals surface area contributed by atoms with Crippen LogP contribution in [-0.2, 0) is 6.54 Å². The quantitative estimate of drug-likeness (QED) is 0.740. The Balaban J connectivity index is 2.04. The molecule has 0 fully saturated rings. The Kier molecular flexibility index (Phi) is 3.53. The maximum atomic E-state index is 11.9. The van der Waals surface area contributed by atoms with Crippen molar-refractivity contribution in [2.24, 2.45) is 0 Å². The van der Waals surface area contributed by atoms with Crippen molar-refractivity contribution in [3.63, 3.8) is 0 Å². The molecule has 94 valence electrons. The van der Waals surface area contributed by atoms with Crippen LogP contribution in [0.3, 0.4) is 0 Å². The zero-order chi connectivity index (χ0) is 13.1. The van der Waals surface area contributed by atoms with Gasteiger partial charge in [-0.15, -0.1) is 0 Å². The van der Waals surface area contributed by atoms with Crippen molar-refractivity contribution in [3.8, 4) is 0 Å². The summed E-state index contributed by atoms with van der Waals surface area (Å²) in [7, 11) is 0. The van der Waals surface area contributed by atoms with Crippen LogP contribution in [0.25, 0.3) is 0 Å². The van der Waals surface area contributed by atoms with Gasteiger partial charge in [0.1, 0.15) is 0 Å². The van der Waals surface area contributed by atoms with E-state index in [9.17, 15) is 4.79 Å². The first kappa shape index (κ1) is 12.4. The van der Waals surface area contributed by atoms with Crippen molar-refractivity contribution in [1.82, 2.24) is 15.5 Å². The summed E-state index contributed by atoms with van der Waals surface area (Å²) >= 11 is 5.80. The Hall–Kier alpha value is -2.01. The summed E-state index contributed by atoms with van der Waals surface area (Å²) in [6, 6.07) is 4.80. The number of nitrogens with two attached hydrogens (primary N) is 1. The van der Waals surface area contributed by atoms with Crippen LogP contribution in [0.15, 0.2) is 24.4 Å². The van der Waals surface area contributed by atoms with Crippen molar-refractivity contribution < 1.29 is 4.79 Å². The van der Waals surface area contributed by atoms with E-state index in [2.05, 4.69) is 15.5 Å². The van der Waals surface area contributed by atoms with Crippen molar-refractivity contribution in [2.45, 2.75) is 13.5 Å².